The van der Waals surface area contributed by atoms with E-state index >= 15 is 0 Å². The lowest BCUT2D eigenvalue weighted by Crippen LogP contribution is -2.37. The Kier molecular flexibility index (Phi) is 4.71. The third-order valence-corrected chi connectivity index (χ3v) is 6.47. The number of rotatable bonds is 3. The van der Waals surface area contributed by atoms with Crippen molar-refractivity contribution in [2.45, 2.75) is 24.7 Å². The molecule has 0 radical (unpaired) electrons. The Bertz CT molecular complexity index is 800. The van der Waals surface area contributed by atoms with Crippen LogP contribution in [-0.4, -0.2) is 30.8 Å². The number of benzene rings is 1. The zero-order valence-corrected chi connectivity index (χ0v) is 14.5. The summed E-state index contributed by atoms with van der Waals surface area (Å²) in [6.45, 7) is 3.29. The number of piperidine rings is 1. The molecule has 0 atom stereocenters. The van der Waals surface area contributed by atoms with Crippen LogP contribution in [0.1, 0.15) is 19.8 Å². The summed E-state index contributed by atoms with van der Waals surface area (Å²) in [5.74, 6) is 0.578. The van der Waals surface area contributed by atoms with Crippen LogP contribution in [0.4, 0.5) is 0 Å². The second-order valence-electron chi connectivity index (χ2n) is 5.98. The second-order valence-corrected chi connectivity index (χ2v) is 8.32. The third-order valence-electron chi connectivity index (χ3n) is 4.28. The normalized spacial score (nSPS) is 17.3. The predicted molar refractivity (Wildman–Crippen MR) is 91.8 cm³/mol. The van der Waals surface area contributed by atoms with E-state index in [9.17, 15) is 8.42 Å². The van der Waals surface area contributed by atoms with E-state index < -0.39 is 10.0 Å². The van der Waals surface area contributed by atoms with Crippen LogP contribution in [0.15, 0.2) is 47.6 Å². The molecule has 2 heterocycles. The maximum absolute atomic E-state index is 12.8. The van der Waals surface area contributed by atoms with Crippen LogP contribution in [0, 0.1) is 5.92 Å². The van der Waals surface area contributed by atoms with Gasteiger partial charge in [-0.25, -0.2) is 8.42 Å². The lowest BCUT2D eigenvalue weighted by Gasteiger charge is -2.29. The van der Waals surface area contributed by atoms with Gasteiger partial charge in [-0.2, -0.15) is 4.31 Å². The number of halogens is 1. The molecule has 1 saturated heterocycles. The van der Waals surface area contributed by atoms with Gasteiger partial charge >= 0.3 is 0 Å². The molecule has 0 saturated carbocycles. The molecule has 4 nitrogen and oxygen atoms in total. The van der Waals surface area contributed by atoms with Crippen LogP contribution in [0.3, 0.4) is 0 Å². The summed E-state index contributed by atoms with van der Waals surface area (Å²) in [6.07, 6.45) is 4.85. The Balaban J connectivity index is 1.95. The van der Waals surface area contributed by atoms with Gasteiger partial charge in [-0.3, -0.25) is 4.98 Å². The number of pyridine rings is 1. The molecule has 0 bridgehead atoms. The molecule has 0 aliphatic carbocycles. The molecule has 0 unspecified atom stereocenters. The van der Waals surface area contributed by atoms with Crippen LogP contribution in [0.5, 0.6) is 0 Å². The summed E-state index contributed by atoms with van der Waals surface area (Å²) in [5.41, 5.74) is 1.49. The predicted octanol–water partition coefficient (Wildman–Crippen LogP) is 3.82. The molecule has 1 aromatic heterocycles. The summed E-state index contributed by atoms with van der Waals surface area (Å²) in [7, 11) is -3.50. The van der Waals surface area contributed by atoms with Crippen LogP contribution in [0.2, 0.25) is 5.02 Å². The van der Waals surface area contributed by atoms with Crippen molar-refractivity contribution in [3.63, 3.8) is 0 Å². The number of nitrogens with zero attached hydrogens (tertiary/aromatic N) is 2. The van der Waals surface area contributed by atoms with E-state index in [1.54, 1.807) is 22.6 Å². The molecule has 23 heavy (non-hydrogen) atoms. The number of hydrogen-bond donors (Lipinski definition) is 0. The molecule has 1 aliphatic heterocycles. The molecule has 0 amide bonds. The van der Waals surface area contributed by atoms with Crippen LogP contribution in [-0.2, 0) is 10.0 Å². The molecule has 1 fully saturated rings. The molecular formula is C17H19ClN2O2S. The standard InChI is InChI=1S/C17H19ClN2O2S/c1-13-6-8-20(9-7-13)23(21,22)15-10-14(11-19-12-15)16-4-2-3-5-17(16)18/h2-5,10-13H,6-9H2,1H3. The molecule has 0 N–H and O–H groups in total. The lowest BCUT2D eigenvalue weighted by molar-refractivity contribution is 0.288. The fourth-order valence-electron chi connectivity index (χ4n) is 2.78. The van der Waals surface area contributed by atoms with E-state index in [4.69, 9.17) is 11.6 Å². The minimum Gasteiger partial charge on any atom is -0.263 e. The van der Waals surface area contributed by atoms with Gasteiger partial charge in [-0.05, 0) is 30.9 Å². The summed E-state index contributed by atoms with van der Waals surface area (Å²) in [4.78, 5) is 4.34. The summed E-state index contributed by atoms with van der Waals surface area (Å²) in [5, 5.41) is 0.579. The van der Waals surface area contributed by atoms with Gasteiger partial charge in [0.1, 0.15) is 4.90 Å². The highest BCUT2D eigenvalue weighted by Crippen LogP contribution is 2.30. The molecule has 6 heteroatoms. The van der Waals surface area contributed by atoms with Crippen molar-refractivity contribution >= 4 is 21.6 Å². The second kappa shape index (κ2) is 6.59. The zero-order chi connectivity index (χ0) is 16.4. The van der Waals surface area contributed by atoms with E-state index in [-0.39, 0.29) is 4.90 Å². The largest absolute Gasteiger partial charge is 0.263 e. The SMILES string of the molecule is CC1CCN(S(=O)(=O)c2cncc(-c3ccccc3Cl)c2)CC1. The highest BCUT2D eigenvalue weighted by molar-refractivity contribution is 7.89. The number of hydrogen-bond acceptors (Lipinski definition) is 3. The highest BCUT2D eigenvalue weighted by Gasteiger charge is 2.28. The number of aromatic nitrogens is 1. The molecule has 3 rings (SSSR count). The van der Waals surface area contributed by atoms with Crippen molar-refractivity contribution in [1.82, 2.24) is 9.29 Å². The highest BCUT2D eigenvalue weighted by atomic mass is 35.5. The Hall–Kier alpha value is -1.43. The first-order valence-electron chi connectivity index (χ1n) is 7.68. The molecule has 2 aromatic rings. The van der Waals surface area contributed by atoms with Crippen LogP contribution in [0.25, 0.3) is 11.1 Å². The fraction of sp³-hybridized carbons (Fsp3) is 0.353. The monoisotopic (exact) mass is 350 g/mol. The van der Waals surface area contributed by atoms with Gasteiger partial charge in [0.15, 0.2) is 0 Å². The Morgan fingerprint density at radius 3 is 2.57 bits per heavy atom. The quantitative estimate of drug-likeness (QED) is 0.845. The van der Waals surface area contributed by atoms with Gasteiger partial charge in [-0.15, -0.1) is 0 Å². The van der Waals surface area contributed by atoms with Crippen molar-refractivity contribution in [3.05, 3.63) is 47.7 Å². The van der Waals surface area contributed by atoms with Crippen molar-refractivity contribution in [3.8, 4) is 11.1 Å². The van der Waals surface area contributed by atoms with Gasteiger partial charge in [-0.1, -0.05) is 36.7 Å². The average Bonchev–Trinajstić information content (AvgIpc) is 2.56. The lowest BCUT2D eigenvalue weighted by atomic mass is 10.0. The van der Waals surface area contributed by atoms with Gasteiger partial charge in [0.2, 0.25) is 10.0 Å². The summed E-state index contributed by atoms with van der Waals surface area (Å²) < 4.78 is 27.2. The van der Waals surface area contributed by atoms with Gasteiger partial charge in [0, 0.05) is 41.6 Å². The maximum atomic E-state index is 12.8. The Morgan fingerprint density at radius 2 is 1.87 bits per heavy atom. The zero-order valence-electron chi connectivity index (χ0n) is 12.9. The topological polar surface area (TPSA) is 50.3 Å². The number of sulfonamides is 1. The molecule has 122 valence electrons. The summed E-state index contributed by atoms with van der Waals surface area (Å²) in [6, 6.07) is 9.01. The Morgan fingerprint density at radius 1 is 1.17 bits per heavy atom. The maximum Gasteiger partial charge on any atom is 0.244 e. The van der Waals surface area contributed by atoms with Crippen molar-refractivity contribution < 1.29 is 8.42 Å². The minimum absolute atomic E-state index is 0.226. The van der Waals surface area contributed by atoms with Gasteiger partial charge in [0.25, 0.3) is 0 Å². The minimum atomic E-state index is -3.50. The van der Waals surface area contributed by atoms with Crippen molar-refractivity contribution in [1.29, 1.82) is 0 Å². The first kappa shape index (κ1) is 16.4. The summed E-state index contributed by atoms with van der Waals surface area (Å²) >= 11 is 6.20. The third kappa shape index (κ3) is 3.42. The van der Waals surface area contributed by atoms with Gasteiger partial charge in [0.05, 0.1) is 0 Å². The Labute approximate surface area is 142 Å². The molecule has 1 aromatic carbocycles. The molecule has 0 spiro atoms. The van der Waals surface area contributed by atoms with E-state index in [0.29, 0.717) is 29.6 Å². The van der Waals surface area contributed by atoms with E-state index in [0.717, 1.165) is 18.4 Å². The first-order chi connectivity index (χ1) is 11.0. The van der Waals surface area contributed by atoms with Crippen molar-refractivity contribution in [2.75, 3.05) is 13.1 Å². The van der Waals surface area contributed by atoms with Crippen LogP contribution < -0.4 is 0 Å². The van der Waals surface area contributed by atoms with E-state index in [1.165, 1.54) is 6.20 Å². The molecular weight excluding hydrogens is 332 g/mol. The fourth-order valence-corrected chi connectivity index (χ4v) is 4.48. The average molecular weight is 351 g/mol. The first-order valence-corrected chi connectivity index (χ1v) is 9.50. The van der Waals surface area contributed by atoms with E-state index in [1.807, 2.05) is 18.2 Å². The van der Waals surface area contributed by atoms with E-state index in [2.05, 4.69) is 11.9 Å². The smallest absolute Gasteiger partial charge is 0.244 e. The molecule has 1 aliphatic rings. The van der Waals surface area contributed by atoms with Gasteiger partial charge < -0.3 is 0 Å². The van der Waals surface area contributed by atoms with Crippen LogP contribution >= 0.6 is 11.6 Å². The van der Waals surface area contributed by atoms with Crippen molar-refractivity contribution in [2.24, 2.45) is 5.92 Å².